The van der Waals surface area contributed by atoms with Gasteiger partial charge in [-0.3, -0.25) is 4.79 Å². The molecular formula is C16H20ClN5O. The Morgan fingerprint density at radius 3 is 2.74 bits per heavy atom. The zero-order valence-corrected chi connectivity index (χ0v) is 13.6. The second kappa shape index (κ2) is 6.68. The first kappa shape index (κ1) is 16.0. The summed E-state index contributed by atoms with van der Waals surface area (Å²) < 4.78 is 0. The van der Waals surface area contributed by atoms with Crippen LogP contribution in [0.5, 0.6) is 0 Å². The third kappa shape index (κ3) is 2.96. The van der Waals surface area contributed by atoms with Crippen molar-refractivity contribution in [2.24, 2.45) is 0 Å². The Bertz CT molecular complexity index is 660. The monoisotopic (exact) mass is 333 g/mol. The molecule has 2 aromatic rings. The van der Waals surface area contributed by atoms with Crippen LogP contribution >= 0.6 is 12.4 Å². The average Bonchev–Trinajstić information content (AvgIpc) is 3.12. The molecule has 7 heteroatoms. The molecule has 1 aromatic carbocycles. The Labute approximate surface area is 141 Å². The van der Waals surface area contributed by atoms with Crippen LogP contribution in [0.3, 0.4) is 0 Å². The minimum atomic E-state index is 0. The molecule has 2 fully saturated rings. The van der Waals surface area contributed by atoms with Crippen LogP contribution < -0.4 is 5.32 Å². The molecule has 0 saturated carbocycles. The lowest BCUT2D eigenvalue weighted by Gasteiger charge is -2.26. The molecular weight excluding hydrogens is 314 g/mol. The van der Waals surface area contributed by atoms with Gasteiger partial charge in [0, 0.05) is 18.6 Å². The van der Waals surface area contributed by atoms with Gasteiger partial charge in [0.2, 0.25) is 0 Å². The van der Waals surface area contributed by atoms with Crippen LogP contribution in [0.4, 0.5) is 0 Å². The summed E-state index contributed by atoms with van der Waals surface area (Å²) in [6.45, 7) is 1.87. The van der Waals surface area contributed by atoms with E-state index in [4.69, 9.17) is 0 Å². The van der Waals surface area contributed by atoms with Crippen LogP contribution in [-0.4, -0.2) is 51.0 Å². The van der Waals surface area contributed by atoms with Crippen molar-refractivity contribution >= 4 is 18.3 Å². The number of fused-ring (bicyclic) bond motifs is 2. The molecule has 2 saturated heterocycles. The highest BCUT2D eigenvalue weighted by Gasteiger charge is 2.39. The Hall–Kier alpha value is -1.92. The van der Waals surface area contributed by atoms with Gasteiger partial charge < -0.3 is 10.2 Å². The number of carbonyl (C=O) groups excluding carboxylic acids is 1. The fourth-order valence-electron chi connectivity index (χ4n) is 3.49. The number of hydrogen-bond acceptors (Lipinski definition) is 4. The second-order valence-electron chi connectivity index (χ2n) is 5.95. The Morgan fingerprint density at radius 2 is 1.91 bits per heavy atom. The maximum Gasteiger partial charge on any atom is 0.276 e. The van der Waals surface area contributed by atoms with Gasteiger partial charge in [-0.25, -0.2) is 0 Å². The van der Waals surface area contributed by atoms with E-state index in [1.54, 1.807) is 6.20 Å². The van der Waals surface area contributed by atoms with Crippen molar-refractivity contribution in [3.63, 3.8) is 0 Å². The summed E-state index contributed by atoms with van der Waals surface area (Å²) in [6, 6.07) is 10.3. The van der Waals surface area contributed by atoms with E-state index in [1.165, 1.54) is 4.80 Å². The van der Waals surface area contributed by atoms with E-state index in [0.29, 0.717) is 17.8 Å². The van der Waals surface area contributed by atoms with Crippen molar-refractivity contribution in [2.45, 2.75) is 31.3 Å². The number of benzene rings is 1. The molecule has 1 aromatic heterocycles. The maximum atomic E-state index is 12.8. The van der Waals surface area contributed by atoms with Gasteiger partial charge in [0.05, 0.1) is 11.9 Å². The first-order chi connectivity index (χ1) is 10.8. The average molecular weight is 334 g/mol. The fourth-order valence-corrected chi connectivity index (χ4v) is 3.49. The largest absolute Gasteiger partial charge is 0.330 e. The molecule has 2 aliphatic rings. The van der Waals surface area contributed by atoms with Crippen molar-refractivity contribution in [1.29, 1.82) is 0 Å². The van der Waals surface area contributed by atoms with E-state index >= 15 is 0 Å². The number of nitrogens with one attached hydrogen (secondary N) is 1. The second-order valence-corrected chi connectivity index (χ2v) is 5.95. The first-order valence-electron chi connectivity index (χ1n) is 7.84. The summed E-state index contributed by atoms with van der Waals surface area (Å²) in [4.78, 5) is 16.4. The number of para-hydroxylation sites is 1. The lowest BCUT2D eigenvalue weighted by Crippen LogP contribution is -2.42. The fraction of sp³-hybridized carbons (Fsp3) is 0.438. The zero-order valence-electron chi connectivity index (χ0n) is 12.8. The summed E-state index contributed by atoms with van der Waals surface area (Å²) in [7, 11) is 0. The van der Waals surface area contributed by atoms with Crippen LogP contribution in [0.1, 0.15) is 29.8 Å². The van der Waals surface area contributed by atoms with Gasteiger partial charge in [-0.1, -0.05) is 18.2 Å². The number of aromatic nitrogens is 3. The minimum absolute atomic E-state index is 0. The van der Waals surface area contributed by atoms with Crippen LogP contribution in [0.2, 0.25) is 0 Å². The number of halogens is 1. The van der Waals surface area contributed by atoms with Crippen molar-refractivity contribution in [2.75, 3.05) is 13.1 Å². The van der Waals surface area contributed by atoms with Crippen LogP contribution in [0, 0.1) is 0 Å². The van der Waals surface area contributed by atoms with Gasteiger partial charge in [0.15, 0.2) is 5.69 Å². The highest BCUT2D eigenvalue weighted by atomic mass is 35.5. The molecule has 1 amide bonds. The van der Waals surface area contributed by atoms with E-state index < -0.39 is 0 Å². The smallest absolute Gasteiger partial charge is 0.276 e. The molecule has 2 unspecified atom stereocenters. The van der Waals surface area contributed by atoms with Gasteiger partial charge in [0.1, 0.15) is 0 Å². The normalized spacial score (nSPS) is 23.2. The molecule has 4 rings (SSSR count). The van der Waals surface area contributed by atoms with Gasteiger partial charge in [0.25, 0.3) is 5.91 Å². The van der Waals surface area contributed by atoms with Crippen LogP contribution in [-0.2, 0) is 0 Å². The highest BCUT2D eigenvalue weighted by Crippen LogP contribution is 2.29. The standard InChI is InChI=1S/C16H19N5O.ClH/c22-16(20-12-6-7-14(20)10-17-9-8-12)15-11-18-21(19-15)13-4-2-1-3-5-13;/h1-5,11-12,14,17H,6-10H2;1H. The molecule has 1 N–H and O–H groups in total. The third-order valence-electron chi connectivity index (χ3n) is 4.59. The van der Waals surface area contributed by atoms with Gasteiger partial charge >= 0.3 is 0 Å². The summed E-state index contributed by atoms with van der Waals surface area (Å²) in [5.41, 5.74) is 1.30. The number of carbonyl (C=O) groups is 1. The van der Waals surface area contributed by atoms with Crippen molar-refractivity contribution < 1.29 is 4.79 Å². The number of amides is 1. The summed E-state index contributed by atoms with van der Waals surface area (Å²) in [5.74, 6) is 0.0124. The van der Waals surface area contributed by atoms with Crippen LogP contribution in [0.15, 0.2) is 36.5 Å². The van der Waals surface area contributed by atoms with Crippen LogP contribution in [0.25, 0.3) is 5.69 Å². The molecule has 0 spiro atoms. The quantitative estimate of drug-likeness (QED) is 0.907. The number of rotatable bonds is 2. The van der Waals surface area contributed by atoms with E-state index in [2.05, 4.69) is 15.5 Å². The number of nitrogens with zero attached hydrogens (tertiary/aromatic N) is 4. The Morgan fingerprint density at radius 1 is 1.13 bits per heavy atom. The number of hydrogen-bond donors (Lipinski definition) is 1. The molecule has 0 radical (unpaired) electrons. The maximum absolute atomic E-state index is 12.8. The zero-order chi connectivity index (χ0) is 14.9. The molecule has 3 heterocycles. The van der Waals surface area contributed by atoms with E-state index in [0.717, 1.165) is 38.0 Å². The van der Waals surface area contributed by atoms with E-state index in [-0.39, 0.29) is 18.3 Å². The molecule has 6 nitrogen and oxygen atoms in total. The lowest BCUT2D eigenvalue weighted by molar-refractivity contribution is 0.0673. The van der Waals surface area contributed by atoms with Gasteiger partial charge in [-0.05, 0) is 37.9 Å². The summed E-state index contributed by atoms with van der Waals surface area (Å²) in [5, 5.41) is 12.0. The summed E-state index contributed by atoms with van der Waals surface area (Å²) in [6.07, 6.45) is 4.78. The third-order valence-corrected chi connectivity index (χ3v) is 4.59. The van der Waals surface area contributed by atoms with Gasteiger partial charge in [-0.15, -0.1) is 17.5 Å². The first-order valence-corrected chi connectivity index (χ1v) is 7.84. The van der Waals surface area contributed by atoms with Crippen molar-refractivity contribution in [3.8, 4) is 5.69 Å². The van der Waals surface area contributed by atoms with E-state index in [1.807, 2.05) is 35.2 Å². The van der Waals surface area contributed by atoms with E-state index in [9.17, 15) is 4.79 Å². The molecule has 122 valence electrons. The van der Waals surface area contributed by atoms with Crippen molar-refractivity contribution in [3.05, 3.63) is 42.2 Å². The van der Waals surface area contributed by atoms with Crippen molar-refractivity contribution in [1.82, 2.24) is 25.2 Å². The predicted molar refractivity (Wildman–Crippen MR) is 89.1 cm³/mol. The molecule has 2 bridgehead atoms. The highest BCUT2D eigenvalue weighted by molar-refractivity contribution is 5.92. The Balaban J connectivity index is 0.00000156. The van der Waals surface area contributed by atoms with Gasteiger partial charge in [-0.2, -0.15) is 9.90 Å². The summed E-state index contributed by atoms with van der Waals surface area (Å²) >= 11 is 0. The molecule has 2 aliphatic heterocycles. The molecule has 2 atom stereocenters. The molecule has 23 heavy (non-hydrogen) atoms. The SMILES string of the molecule is Cl.O=C(c1cnn(-c2ccccc2)n1)N1C2CCNCC1CC2. The Kier molecular flexibility index (Phi) is 4.63. The topological polar surface area (TPSA) is 63.1 Å². The minimum Gasteiger partial charge on any atom is -0.330 e. The molecule has 0 aliphatic carbocycles. The lowest BCUT2D eigenvalue weighted by atomic mass is 10.1. The predicted octanol–water partition coefficient (Wildman–Crippen LogP) is 1.66.